The summed E-state index contributed by atoms with van der Waals surface area (Å²) in [6.45, 7) is 5.09. The van der Waals surface area contributed by atoms with Crippen molar-refractivity contribution in [3.8, 4) is 0 Å². The Kier molecular flexibility index (Phi) is 4.01. The predicted octanol–water partition coefficient (Wildman–Crippen LogP) is 1.49. The van der Waals surface area contributed by atoms with E-state index in [1.165, 1.54) is 6.42 Å². The van der Waals surface area contributed by atoms with Crippen LogP contribution >= 0.6 is 0 Å². The van der Waals surface area contributed by atoms with Crippen LogP contribution in [0, 0.1) is 13.8 Å². The molecule has 1 unspecified atom stereocenters. The van der Waals surface area contributed by atoms with Gasteiger partial charge in [-0.15, -0.1) is 0 Å². The van der Waals surface area contributed by atoms with Gasteiger partial charge in [0.1, 0.15) is 17.5 Å². The van der Waals surface area contributed by atoms with Crippen LogP contribution in [0.4, 0.5) is 11.6 Å². The number of aliphatic hydroxyl groups is 1. The summed E-state index contributed by atoms with van der Waals surface area (Å²) < 4.78 is 0. The van der Waals surface area contributed by atoms with E-state index in [4.69, 9.17) is 0 Å². The fraction of sp³-hybridized carbons (Fsp3) is 0.692. The molecule has 2 rings (SSSR count). The molecule has 2 heterocycles. The molecule has 5 heteroatoms. The summed E-state index contributed by atoms with van der Waals surface area (Å²) in [5.74, 6) is 2.60. The first-order chi connectivity index (χ1) is 8.67. The minimum Gasteiger partial charge on any atom is -0.394 e. The Labute approximate surface area is 108 Å². The monoisotopic (exact) mass is 250 g/mol. The lowest BCUT2D eigenvalue weighted by atomic mass is 10.0. The van der Waals surface area contributed by atoms with E-state index < -0.39 is 0 Å². The molecule has 0 aromatic carbocycles. The van der Waals surface area contributed by atoms with E-state index in [9.17, 15) is 5.11 Å². The lowest BCUT2D eigenvalue weighted by molar-refractivity contribution is 0.239. The fourth-order valence-electron chi connectivity index (χ4n) is 2.61. The lowest BCUT2D eigenvalue weighted by Gasteiger charge is -2.36. The summed E-state index contributed by atoms with van der Waals surface area (Å²) in [6, 6.07) is 0.191. The van der Waals surface area contributed by atoms with Crippen LogP contribution < -0.4 is 10.2 Å². The molecule has 1 aromatic heterocycles. The smallest absolute Gasteiger partial charge is 0.137 e. The average molecular weight is 250 g/mol. The number of nitrogens with zero attached hydrogens (tertiary/aromatic N) is 3. The quantitative estimate of drug-likeness (QED) is 0.851. The molecule has 1 aliphatic heterocycles. The number of hydrogen-bond acceptors (Lipinski definition) is 5. The summed E-state index contributed by atoms with van der Waals surface area (Å²) in [7, 11) is 1.87. The van der Waals surface area contributed by atoms with Gasteiger partial charge in [-0.3, -0.25) is 0 Å². The van der Waals surface area contributed by atoms with Gasteiger partial charge in [-0.1, -0.05) is 0 Å². The van der Waals surface area contributed by atoms with Crippen LogP contribution in [0.2, 0.25) is 0 Å². The van der Waals surface area contributed by atoms with Crippen LogP contribution in [0.15, 0.2) is 0 Å². The van der Waals surface area contributed by atoms with Gasteiger partial charge in [-0.2, -0.15) is 0 Å². The summed E-state index contributed by atoms with van der Waals surface area (Å²) in [5, 5.41) is 12.6. The van der Waals surface area contributed by atoms with Gasteiger partial charge in [-0.25, -0.2) is 9.97 Å². The highest BCUT2D eigenvalue weighted by Crippen LogP contribution is 2.28. The van der Waals surface area contributed by atoms with E-state index in [-0.39, 0.29) is 12.6 Å². The summed E-state index contributed by atoms with van der Waals surface area (Å²) in [6.07, 6.45) is 3.38. The summed E-state index contributed by atoms with van der Waals surface area (Å²) in [5.41, 5.74) is 1.06. The van der Waals surface area contributed by atoms with Crippen molar-refractivity contribution in [1.82, 2.24) is 9.97 Å². The second-order valence-corrected chi connectivity index (χ2v) is 4.84. The van der Waals surface area contributed by atoms with Gasteiger partial charge < -0.3 is 15.3 Å². The Balaban J connectivity index is 2.39. The zero-order valence-corrected chi connectivity index (χ0v) is 11.4. The SMILES string of the molecule is CNc1nc(C)nc(N2CCCCC2CO)c1C. The van der Waals surface area contributed by atoms with E-state index in [1.54, 1.807) is 0 Å². The van der Waals surface area contributed by atoms with Crippen molar-refractivity contribution in [3.05, 3.63) is 11.4 Å². The first kappa shape index (κ1) is 13.1. The number of rotatable bonds is 3. The second kappa shape index (κ2) is 5.52. The van der Waals surface area contributed by atoms with E-state index in [1.807, 2.05) is 20.9 Å². The molecule has 1 fully saturated rings. The fourth-order valence-corrected chi connectivity index (χ4v) is 2.61. The number of anilines is 2. The van der Waals surface area contributed by atoms with E-state index >= 15 is 0 Å². The molecule has 1 aromatic rings. The third-order valence-electron chi connectivity index (χ3n) is 3.58. The molecule has 0 radical (unpaired) electrons. The molecule has 18 heavy (non-hydrogen) atoms. The van der Waals surface area contributed by atoms with Gasteiger partial charge in [0.15, 0.2) is 0 Å². The molecular formula is C13H22N4O. The number of aliphatic hydroxyl groups excluding tert-OH is 1. The molecule has 1 atom stereocenters. The van der Waals surface area contributed by atoms with Crippen LogP contribution in [0.1, 0.15) is 30.7 Å². The van der Waals surface area contributed by atoms with E-state index in [2.05, 4.69) is 20.2 Å². The maximum Gasteiger partial charge on any atom is 0.137 e. The topological polar surface area (TPSA) is 61.3 Å². The van der Waals surface area contributed by atoms with Crippen molar-refractivity contribution in [2.75, 3.05) is 30.4 Å². The van der Waals surface area contributed by atoms with E-state index in [0.717, 1.165) is 42.4 Å². The van der Waals surface area contributed by atoms with E-state index in [0.29, 0.717) is 0 Å². The highest BCUT2D eigenvalue weighted by Gasteiger charge is 2.25. The molecule has 0 saturated carbocycles. The number of nitrogens with one attached hydrogen (secondary N) is 1. The Morgan fingerprint density at radius 2 is 2.11 bits per heavy atom. The zero-order chi connectivity index (χ0) is 13.1. The first-order valence-corrected chi connectivity index (χ1v) is 6.58. The minimum atomic E-state index is 0.191. The molecule has 0 spiro atoms. The minimum absolute atomic E-state index is 0.191. The van der Waals surface area contributed by atoms with Gasteiger partial charge in [0.25, 0.3) is 0 Å². The molecule has 5 nitrogen and oxygen atoms in total. The molecule has 0 bridgehead atoms. The van der Waals surface area contributed by atoms with Gasteiger partial charge in [0.05, 0.1) is 12.6 Å². The maximum atomic E-state index is 9.51. The van der Waals surface area contributed by atoms with Gasteiger partial charge in [0.2, 0.25) is 0 Å². The Morgan fingerprint density at radius 3 is 2.78 bits per heavy atom. The zero-order valence-electron chi connectivity index (χ0n) is 11.4. The van der Waals surface area contributed by atoms with Crippen LogP contribution in [0.5, 0.6) is 0 Å². The number of hydrogen-bond donors (Lipinski definition) is 2. The average Bonchev–Trinajstić information content (AvgIpc) is 2.41. The Hall–Kier alpha value is -1.36. The molecule has 2 N–H and O–H groups in total. The highest BCUT2D eigenvalue weighted by molar-refractivity contribution is 5.59. The number of aryl methyl sites for hydroxylation is 1. The van der Waals surface area contributed by atoms with Crippen molar-refractivity contribution in [3.63, 3.8) is 0 Å². The molecule has 100 valence electrons. The van der Waals surface area contributed by atoms with Gasteiger partial charge >= 0.3 is 0 Å². The Morgan fingerprint density at radius 1 is 1.33 bits per heavy atom. The molecule has 1 saturated heterocycles. The Bertz CT molecular complexity index is 422. The number of aromatic nitrogens is 2. The number of piperidine rings is 1. The predicted molar refractivity (Wildman–Crippen MR) is 73.1 cm³/mol. The van der Waals surface area contributed by atoms with Gasteiger partial charge in [-0.05, 0) is 33.1 Å². The van der Waals surface area contributed by atoms with Crippen molar-refractivity contribution < 1.29 is 5.11 Å². The van der Waals surface area contributed by atoms with Crippen LogP contribution in [0.25, 0.3) is 0 Å². The third-order valence-corrected chi connectivity index (χ3v) is 3.58. The third kappa shape index (κ3) is 2.41. The van der Waals surface area contributed by atoms with Crippen LogP contribution in [-0.2, 0) is 0 Å². The van der Waals surface area contributed by atoms with Gasteiger partial charge in [0, 0.05) is 19.2 Å². The first-order valence-electron chi connectivity index (χ1n) is 6.58. The molecule has 0 aliphatic carbocycles. The standard InChI is InChI=1S/C13H22N4O/c1-9-12(14-3)15-10(2)16-13(9)17-7-5-4-6-11(17)8-18/h11,18H,4-8H2,1-3H3,(H,14,15,16). The lowest BCUT2D eigenvalue weighted by Crippen LogP contribution is -2.43. The van der Waals surface area contributed by atoms with Crippen molar-refractivity contribution >= 4 is 11.6 Å². The summed E-state index contributed by atoms with van der Waals surface area (Å²) >= 11 is 0. The van der Waals surface area contributed by atoms with Crippen molar-refractivity contribution in [2.24, 2.45) is 0 Å². The van der Waals surface area contributed by atoms with Crippen molar-refractivity contribution in [1.29, 1.82) is 0 Å². The summed E-state index contributed by atoms with van der Waals surface area (Å²) in [4.78, 5) is 11.2. The van der Waals surface area contributed by atoms with Crippen LogP contribution in [0.3, 0.4) is 0 Å². The maximum absolute atomic E-state index is 9.51. The molecular weight excluding hydrogens is 228 g/mol. The van der Waals surface area contributed by atoms with Crippen LogP contribution in [-0.4, -0.2) is 41.3 Å². The normalized spacial score (nSPS) is 20.0. The molecule has 0 amide bonds. The highest BCUT2D eigenvalue weighted by atomic mass is 16.3. The largest absolute Gasteiger partial charge is 0.394 e. The second-order valence-electron chi connectivity index (χ2n) is 4.84. The van der Waals surface area contributed by atoms with Crippen molar-refractivity contribution in [2.45, 2.75) is 39.2 Å². The molecule has 1 aliphatic rings.